The van der Waals surface area contributed by atoms with Crippen LogP contribution >= 0.6 is 0 Å². The van der Waals surface area contributed by atoms with Crippen LogP contribution < -0.4 is 5.32 Å². The van der Waals surface area contributed by atoms with Gasteiger partial charge in [-0.15, -0.1) is 0 Å². The minimum atomic E-state index is -0.403. The molecule has 0 unspecified atom stereocenters. The second kappa shape index (κ2) is 5.72. The molecule has 0 heterocycles. The van der Waals surface area contributed by atoms with Crippen LogP contribution in [0.2, 0.25) is 0 Å². The molecule has 1 aliphatic carbocycles. The molecule has 0 aromatic carbocycles. The van der Waals surface area contributed by atoms with E-state index in [1.807, 2.05) is 0 Å². The Labute approximate surface area is 88.1 Å². The van der Waals surface area contributed by atoms with Crippen molar-refractivity contribution in [1.82, 2.24) is 5.32 Å². The van der Waals surface area contributed by atoms with Crippen molar-refractivity contribution in [1.29, 1.82) is 0 Å². The van der Waals surface area contributed by atoms with E-state index in [0.717, 1.165) is 31.8 Å². The molecule has 0 atom stereocenters. The van der Waals surface area contributed by atoms with E-state index in [9.17, 15) is 5.11 Å². The van der Waals surface area contributed by atoms with Crippen molar-refractivity contribution < 1.29 is 5.11 Å². The highest BCUT2D eigenvalue weighted by Gasteiger charge is 2.32. The molecular formula is C12H25NO. The molecule has 0 amide bonds. The molecular weight excluding hydrogens is 174 g/mol. The molecule has 0 aromatic heterocycles. The highest BCUT2D eigenvalue weighted by atomic mass is 16.3. The van der Waals surface area contributed by atoms with Crippen molar-refractivity contribution in [2.45, 2.75) is 58.0 Å². The van der Waals surface area contributed by atoms with E-state index in [4.69, 9.17) is 0 Å². The van der Waals surface area contributed by atoms with E-state index in [1.165, 1.54) is 25.7 Å². The molecule has 2 nitrogen and oxygen atoms in total. The van der Waals surface area contributed by atoms with E-state index in [1.54, 1.807) is 0 Å². The summed E-state index contributed by atoms with van der Waals surface area (Å²) in [5.74, 6) is 0.877. The second-order valence-corrected chi connectivity index (χ2v) is 4.74. The van der Waals surface area contributed by atoms with Gasteiger partial charge in [0.25, 0.3) is 0 Å². The molecule has 1 saturated carbocycles. The minimum absolute atomic E-state index is 0.403. The highest BCUT2D eigenvalue weighted by Crippen LogP contribution is 2.33. The summed E-state index contributed by atoms with van der Waals surface area (Å²) in [5.41, 5.74) is -0.403. The molecule has 14 heavy (non-hydrogen) atoms. The van der Waals surface area contributed by atoms with Crippen LogP contribution in [0, 0.1) is 5.92 Å². The fraction of sp³-hybridized carbons (Fsp3) is 1.00. The lowest BCUT2D eigenvalue weighted by molar-refractivity contribution is -0.00879. The van der Waals surface area contributed by atoms with Crippen molar-refractivity contribution in [2.75, 3.05) is 13.1 Å². The average Bonchev–Trinajstić information content (AvgIpc) is 2.20. The van der Waals surface area contributed by atoms with Gasteiger partial charge in [0.1, 0.15) is 0 Å². The molecule has 0 aromatic rings. The van der Waals surface area contributed by atoms with Gasteiger partial charge in [-0.05, 0) is 38.1 Å². The van der Waals surface area contributed by atoms with Gasteiger partial charge < -0.3 is 10.4 Å². The van der Waals surface area contributed by atoms with E-state index in [0.29, 0.717) is 0 Å². The summed E-state index contributed by atoms with van der Waals surface area (Å²) in [6.45, 7) is 6.08. The summed E-state index contributed by atoms with van der Waals surface area (Å²) in [6, 6.07) is 0. The molecule has 0 radical (unpaired) electrons. The van der Waals surface area contributed by atoms with Crippen LogP contribution in [0.4, 0.5) is 0 Å². The monoisotopic (exact) mass is 199 g/mol. The second-order valence-electron chi connectivity index (χ2n) is 4.74. The lowest BCUT2D eigenvalue weighted by atomic mass is 9.77. The van der Waals surface area contributed by atoms with E-state index in [-0.39, 0.29) is 0 Å². The van der Waals surface area contributed by atoms with Gasteiger partial charge in [-0.2, -0.15) is 0 Å². The maximum absolute atomic E-state index is 10.2. The normalized spacial score (nSPS) is 33.2. The van der Waals surface area contributed by atoms with Crippen molar-refractivity contribution in [3.8, 4) is 0 Å². The Bertz CT molecular complexity index is 150. The Balaban J connectivity index is 2.25. The Kier molecular flexibility index (Phi) is 4.90. The summed E-state index contributed by atoms with van der Waals surface area (Å²) in [6.07, 6.45) is 7.05. The first-order valence-corrected chi connectivity index (χ1v) is 6.13. The van der Waals surface area contributed by atoms with Crippen LogP contribution in [0.3, 0.4) is 0 Å². The van der Waals surface area contributed by atoms with Gasteiger partial charge >= 0.3 is 0 Å². The van der Waals surface area contributed by atoms with Crippen molar-refractivity contribution >= 4 is 0 Å². The zero-order valence-corrected chi connectivity index (χ0v) is 9.68. The van der Waals surface area contributed by atoms with Gasteiger partial charge in [0, 0.05) is 6.54 Å². The fourth-order valence-corrected chi connectivity index (χ4v) is 2.45. The number of aliphatic hydroxyl groups is 1. The third-order valence-corrected chi connectivity index (χ3v) is 3.44. The van der Waals surface area contributed by atoms with Gasteiger partial charge in [0.2, 0.25) is 0 Å². The first-order chi connectivity index (χ1) is 6.70. The SMILES string of the molecule is CCCC1CCC(O)(CNCC)CC1. The van der Waals surface area contributed by atoms with E-state index >= 15 is 0 Å². The van der Waals surface area contributed by atoms with Crippen molar-refractivity contribution in [3.05, 3.63) is 0 Å². The lowest BCUT2D eigenvalue weighted by Crippen LogP contribution is -2.43. The maximum atomic E-state index is 10.2. The average molecular weight is 199 g/mol. The van der Waals surface area contributed by atoms with Gasteiger partial charge in [-0.1, -0.05) is 26.7 Å². The molecule has 0 spiro atoms. The molecule has 84 valence electrons. The van der Waals surface area contributed by atoms with Crippen LogP contribution in [0.25, 0.3) is 0 Å². The zero-order valence-electron chi connectivity index (χ0n) is 9.68. The molecule has 0 bridgehead atoms. The van der Waals surface area contributed by atoms with Crippen molar-refractivity contribution in [2.24, 2.45) is 5.92 Å². The Morgan fingerprint density at radius 1 is 1.29 bits per heavy atom. The quantitative estimate of drug-likeness (QED) is 0.712. The molecule has 1 fully saturated rings. The summed E-state index contributed by atoms with van der Waals surface area (Å²) >= 11 is 0. The molecule has 2 N–H and O–H groups in total. The number of nitrogens with one attached hydrogen (secondary N) is 1. The largest absolute Gasteiger partial charge is 0.389 e. The summed E-state index contributed by atoms with van der Waals surface area (Å²) in [5, 5.41) is 13.5. The first kappa shape index (κ1) is 12.0. The van der Waals surface area contributed by atoms with Crippen LogP contribution in [0.5, 0.6) is 0 Å². The highest BCUT2D eigenvalue weighted by molar-refractivity contribution is 4.86. The Morgan fingerprint density at radius 3 is 2.43 bits per heavy atom. The molecule has 0 saturated heterocycles. The van der Waals surface area contributed by atoms with E-state index < -0.39 is 5.60 Å². The van der Waals surface area contributed by atoms with E-state index in [2.05, 4.69) is 19.2 Å². The first-order valence-electron chi connectivity index (χ1n) is 6.13. The van der Waals surface area contributed by atoms with Crippen LogP contribution in [-0.4, -0.2) is 23.8 Å². The number of hydrogen-bond acceptors (Lipinski definition) is 2. The Morgan fingerprint density at radius 2 is 1.93 bits per heavy atom. The molecule has 2 heteroatoms. The van der Waals surface area contributed by atoms with Crippen LogP contribution in [0.15, 0.2) is 0 Å². The summed E-state index contributed by atoms with van der Waals surface area (Å²) < 4.78 is 0. The topological polar surface area (TPSA) is 32.3 Å². The molecule has 0 aliphatic heterocycles. The maximum Gasteiger partial charge on any atom is 0.0771 e. The molecule has 1 rings (SSSR count). The zero-order chi connectivity index (χ0) is 10.4. The van der Waals surface area contributed by atoms with Crippen molar-refractivity contribution in [3.63, 3.8) is 0 Å². The number of likely N-dealkylation sites (N-methyl/N-ethyl adjacent to an activating group) is 1. The summed E-state index contributed by atoms with van der Waals surface area (Å²) in [7, 11) is 0. The third-order valence-electron chi connectivity index (χ3n) is 3.44. The third kappa shape index (κ3) is 3.58. The molecule has 1 aliphatic rings. The van der Waals surface area contributed by atoms with Gasteiger partial charge in [-0.3, -0.25) is 0 Å². The smallest absolute Gasteiger partial charge is 0.0771 e. The van der Waals surface area contributed by atoms with Gasteiger partial charge in [0.05, 0.1) is 5.60 Å². The fourth-order valence-electron chi connectivity index (χ4n) is 2.45. The van der Waals surface area contributed by atoms with Gasteiger partial charge in [0.15, 0.2) is 0 Å². The predicted molar refractivity (Wildman–Crippen MR) is 60.4 cm³/mol. The Hall–Kier alpha value is -0.0800. The standard InChI is InChI=1S/C12H25NO/c1-3-5-11-6-8-12(14,9-7-11)10-13-4-2/h11,13-14H,3-10H2,1-2H3. The number of hydrogen-bond donors (Lipinski definition) is 2. The van der Waals surface area contributed by atoms with Crippen LogP contribution in [0.1, 0.15) is 52.4 Å². The lowest BCUT2D eigenvalue weighted by Gasteiger charge is -2.36. The summed E-state index contributed by atoms with van der Waals surface area (Å²) in [4.78, 5) is 0. The predicted octanol–water partition coefficient (Wildman–Crippen LogP) is 2.32. The number of rotatable bonds is 5. The van der Waals surface area contributed by atoms with Gasteiger partial charge in [-0.25, -0.2) is 0 Å². The van der Waals surface area contributed by atoms with Crippen LogP contribution in [-0.2, 0) is 0 Å². The minimum Gasteiger partial charge on any atom is -0.389 e.